The molecule has 6 nitrogen and oxygen atoms in total. The molecule has 1 aliphatic rings. The highest BCUT2D eigenvalue weighted by atomic mass is 16.3. The smallest absolute Gasteiger partial charge is 0.242 e. The van der Waals surface area contributed by atoms with E-state index in [2.05, 4.69) is 10.3 Å². The topological polar surface area (TPSA) is 70.4 Å². The molecule has 0 bridgehead atoms. The molecule has 1 aliphatic carbocycles. The Morgan fingerprint density at radius 2 is 2.23 bits per heavy atom. The summed E-state index contributed by atoms with van der Waals surface area (Å²) >= 11 is 0. The highest BCUT2D eigenvalue weighted by Crippen LogP contribution is 2.26. The van der Waals surface area contributed by atoms with Crippen molar-refractivity contribution in [3.05, 3.63) is 24.3 Å². The Hall–Kier alpha value is -2.08. The first-order chi connectivity index (χ1) is 10.6. The molecule has 1 aromatic carbocycles. The quantitative estimate of drug-likeness (QED) is 0.847. The Balaban J connectivity index is 1.87. The van der Waals surface area contributed by atoms with Gasteiger partial charge in [0.05, 0.1) is 17.1 Å². The van der Waals surface area contributed by atoms with Gasteiger partial charge in [-0.05, 0) is 31.9 Å². The first kappa shape index (κ1) is 14.8. The summed E-state index contributed by atoms with van der Waals surface area (Å²) in [7, 11) is 1.86. The zero-order valence-electron chi connectivity index (χ0n) is 13.0. The molecule has 3 rings (SSSR count). The molecule has 1 aromatic heterocycles. The predicted octanol–water partition coefficient (Wildman–Crippen LogP) is 1.45. The molecule has 0 aliphatic heterocycles. The lowest BCUT2D eigenvalue weighted by molar-refractivity contribution is -0.130. The third kappa shape index (κ3) is 3.06. The molecule has 1 heterocycles. The second-order valence-electron chi connectivity index (χ2n) is 5.98. The normalized spacial score (nSPS) is 15.8. The number of rotatable bonds is 6. The number of hydrogen-bond acceptors (Lipinski definition) is 4. The van der Waals surface area contributed by atoms with E-state index in [1.165, 1.54) is 0 Å². The molecule has 1 amide bonds. The van der Waals surface area contributed by atoms with Gasteiger partial charge in [-0.15, -0.1) is 0 Å². The minimum Gasteiger partial charge on any atom is -0.392 e. The van der Waals surface area contributed by atoms with Crippen LogP contribution in [0.5, 0.6) is 0 Å². The van der Waals surface area contributed by atoms with Crippen LogP contribution in [0.3, 0.4) is 0 Å². The van der Waals surface area contributed by atoms with E-state index in [1.54, 1.807) is 6.92 Å². The van der Waals surface area contributed by atoms with E-state index < -0.39 is 6.10 Å². The highest BCUT2D eigenvalue weighted by molar-refractivity contribution is 5.83. The van der Waals surface area contributed by atoms with Gasteiger partial charge in [0.15, 0.2) is 0 Å². The molecule has 0 spiro atoms. The predicted molar refractivity (Wildman–Crippen MR) is 85.7 cm³/mol. The SMILES string of the molecule is CC(O)CNc1nc2ccccc2n1CC(=O)N(C)C1CC1. The van der Waals surface area contributed by atoms with Gasteiger partial charge in [-0.2, -0.15) is 0 Å². The maximum absolute atomic E-state index is 12.4. The average molecular weight is 302 g/mol. The Bertz CT molecular complexity index is 676. The van der Waals surface area contributed by atoms with Crippen molar-refractivity contribution in [2.45, 2.75) is 38.5 Å². The fourth-order valence-corrected chi connectivity index (χ4v) is 2.52. The van der Waals surface area contributed by atoms with Crippen molar-refractivity contribution in [2.24, 2.45) is 0 Å². The van der Waals surface area contributed by atoms with Crippen molar-refractivity contribution >= 4 is 22.9 Å². The third-order valence-electron chi connectivity index (χ3n) is 3.99. The number of aliphatic hydroxyl groups is 1. The lowest BCUT2D eigenvalue weighted by atomic mass is 10.3. The standard InChI is InChI=1S/C16H22N4O2/c1-11(21)9-17-16-18-13-5-3-4-6-14(13)20(16)10-15(22)19(2)12-7-8-12/h3-6,11-12,21H,7-10H2,1-2H3,(H,17,18). The number of amides is 1. The van der Waals surface area contributed by atoms with Gasteiger partial charge >= 0.3 is 0 Å². The molecule has 22 heavy (non-hydrogen) atoms. The summed E-state index contributed by atoms with van der Waals surface area (Å²) in [5.41, 5.74) is 1.77. The van der Waals surface area contributed by atoms with Crippen LogP contribution in [0.4, 0.5) is 5.95 Å². The second-order valence-corrected chi connectivity index (χ2v) is 5.98. The van der Waals surface area contributed by atoms with Gasteiger partial charge in [-0.1, -0.05) is 12.1 Å². The van der Waals surface area contributed by atoms with Gasteiger partial charge in [0.25, 0.3) is 0 Å². The van der Waals surface area contributed by atoms with E-state index in [-0.39, 0.29) is 12.5 Å². The van der Waals surface area contributed by atoms with E-state index in [9.17, 15) is 9.90 Å². The van der Waals surface area contributed by atoms with E-state index in [1.807, 2.05) is 40.8 Å². The summed E-state index contributed by atoms with van der Waals surface area (Å²) in [6.07, 6.45) is 1.72. The maximum Gasteiger partial charge on any atom is 0.242 e. The first-order valence-electron chi connectivity index (χ1n) is 7.69. The number of benzene rings is 1. The number of hydrogen-bond donors (Lipinski definition) is 2. The number of fused-ring (bicyclic) bond motifs is 1. The van der Waals surface area contributed by atoms with Gasteiger partial charge in [0, 0.05) is 19.6 Å². The van der Waals surface area contributed by atoms with Crippen LogP contribution >= 0.6 is 0 Å². The van der Waals surface area contributed by atoms with Crippen molar-refractivity contribution in [3.8, 4) is 0 Å². The average Bonchev–Trinajstić information content (AvgIpc) is 3.28. The number of likely N-dealkylation sites (N-methyl/N-ethyl adjacent to an activating group) is 1. The van der Waals surface area contributed by atoms with Crippen molar-refractivity contribution < 1.29 is 9.90 Å². The Labute approximate surface area is 129 Å². The van der Waals surface area contributed by atoms with Crippen LogP contribution in [0, 0.1) is 0 Å². The monoisotopic (exact) mass is 302 g/mol. The number of anilines is 1. The van der Waals surface area contributed by atoms with E-state index in [0.29, 0.717) is 18.5 Å². The highest BCUT2D eigenvalue weighted by Gasteiger charge is 2.30. The number of aromatic nitrogens is 2. The fourth-order valence-electron chi connectivity index (χ4n) is 2.52. The minimum atomic E-state index is -0.474. The van der Waals surface area contributed by atoms with Gasteiger partial charge in [-0.3, -0.25) is 4.79 Å². The number of nitrogens with zero attached hydrogens (tertiary/aromatic N) is 3. The number of nitrogens with one attached hydrogen (secondary N) is 1. The zero-order chi connectivity index (χ0) is 15.7. The largest absolute Gasteiger partial charge is 0.392 e. The molecular weight excluding hydrogens is 280 g/mol. The lowest BCUT2D eigenvalue weighted by Gasteiger charge is -2.18. The van der Waals surface area contributed by atoms with Crippen molar-refractivity contribution in [3.63, 3.8) is 0 Å². The van der Waals surface area contributed by atoms with Crippen LogP contribution in [-0.2, 0) is 11.3 Å². The van der Waals surface area contributed by atoms with Crippen molar-refractivity contribution in [1.29, 1.82) is 0 Å². The number of para-hydroxylation sites is 2. The number of carbonyl (C=O) groups excluding carboxylic acids is 1. The van der Waals surface area contributed by atoms with Gasteiger partial charge in [0.1, 0.15) is 6.54 Å². The lowest BCUT2D eigenvalue weighted by Crippen LogP contribution is -2.32. The summed E-state index contributed by atoms with van der Waals surface area (Å²) in [5.74, 6) is 0.713. The van der Waals surface area contributed by atoms with Crippen LogP contribution in [0.2, 0.25) is 0 Å². The summed E-state index contributed by atoms with van der Waals surface area (Å²) in [4.78, 5) is 18.8. The summed E-state index contributed by atoms with van der Waals surface area (Å²) in [6.45, 7) is 2.37. The van der Waals surface area contributed by atoms with Crippen LogP contribution in [-0.4, -0.2) is 51.2 Å². The molecule has 2 aromatic rings. The molecule has 0 saturated heterocycles. The van der Waals surface area contributed by atoms with Crippen LogP contribution < -0.4 is 5.32 Å². The molecule has 2 N–H and O–H groups in total. The number of imidazole rings is 1. The molecule has 1 fully saturated rings. The van der Waals surface area contributed by atoms with Crippen LogP contribution in [0.25, 0.3) is 11.0 Å². The van der Waals surface area contributed by atoms with E-state index in [0.717, 1.165) is 23.9 Å². The Morgan fingerprint density at radius 1 is 1.50 bits per heavy atom. The maximum atomic E-state index is 12.4. The molecular formula is C16H22N4O2. The summed E-state index contributed by atoms with van der Waals surface area (Å²) in [6, 6.07) is 8.15. The molecule has 118 valence electrons. The van der Waals surface area contributed by atoms with Crippen molar-refractivity contribution in [1.82, 2.24) is 14.5 Å². The fraction of sp³-hybridized carbons (Fsp3) is 0.500. The van der Waals surface area contributed by atoms with Gasteiger partial charge in [0.2, 0.25) is 11.9 Å². The Kier molecular flexibility index (Phi) is 4.02. The molecule has 0 radical (unpaired) electrons. The summed E-state index contributed by atoms with van der Waals surface area (Å²) in [5, 5.41) is 12.6. The molecule has 1 saturated carbocycles. The molecule has 6 heteroatoms. The second kappa shape index (κ2) is 5.96. The zero-order valence-corrected chi connectivity index (χ0v) is 13.0. The van der Waals surface area contributed by atoms with Crippen LogP contribution in [0.15, 0.2) is 24.3 Å². The summed E-state index contributed by atoms with van der Waals surface area (Å²) < 4.78 is 1.89. The third-order valence-corrected chi connectivity index (χ3v) is 3.99. The van der Waals surface area contributed by atoms with Gasteiger partial charge < -0.3 is 19.9 Å². The van der Waals surface area contributed by atoms with E-state index in [4.69, 9.17) is 0 Å². The van der Waals surface area contributed by atoms with E-state index >= 15 is 0 Å². The molecule has 1 atom stereocenters. The molecule has 1 unspecified atom stereocenters. The number of carbonyl (C=O) groups is 1. The minimum absolute atomic E-state index is 0.0887. The van der Waals surface area contributed by atoms with Crippen LogP contribution in [0.1, 0.15) is 19.8 Å². The number of aliphatic hydroxyl groups excluding tert-OH is 1. The first-order valence-corrected chi connectivity index (χ1v) is 7.69. The Morgan fingerprint density at radius 3 is 2.91 bits per heavy atom. The van der Waals surface area contributed by atoms with Crippen molar-refractivity contribution in [2.75, 3.05) is 18.9 Å². The van der Waals surface area contributed by atoms with Gasteiger partial charge in [-0.25, -0.2) is 4.98 Å².